The molecule has 8 rings (SSSR count). The van der Waals surface area contributed by atoms with Crippen LogP contribution in [0.5, 0.6) is 0 Å². The molecule has 1 saturated carbocycles. The zero-order chi connectivity index (χ0) is 64.3. The number of nitrogens with two attached hydrogens (primary N) is 3. The number of benzene rings is 3. The minimum atomic E-state index is -1.60. The largest absolute Gasteiger partial charge is 0.370 e. The number of aromatic nitrogens is 4. The van der Waals surface area contributed by atoms with Crippen LogP contribution in [0.25, 0.3) is 21.7 Å². The van der Waals surface area contributed by atoms with Crippen molar-refractivity contribution in [2.45, 2.75) is 177 Å². The molecule has 3 aromatic carbocycles. The number of hydrogen-bond acceptors (Lipinski definition) is 13. The highest BCUT2D eigenvalue weighted by Crippen LogP contribution is 2.34. The summed E-state index contributed by atoms with van der Waals surface area (Å²) in [4.78, 5) is 151. The van der Waals surface area contributed by atoms with Gasteiger partial charge >= 0.3 is 0 Å². The van der Waals surface area contributed by atoms with Crippen LogP contribution in [0.1, 0.15) is 139 Å². The van der Waals surface area contributed by atoms with Gasteiger partial charge in [0.15, 0.2) is 5.96 Å². The molecule has 0 spiro atoms. The Morgan fingerprint density at radius 1 is 0.756 bits per heavy atom. The number of carbonyl (C=O) groups is 10. The monoisotopic (exact) mass is 1240 g/mol. The molecular weight excluding hydrogens is 1150 g/mol. The van der Waals surface area contributed by atoms with Gasteiger partial charge in [-0.25, -0.2) is 4.68 Å². The van der Waals surface area contributed by atoms with Gasteiger partial charge < -0.3 is 69.6 Å². The van der Waals surface area contributed by atoms with Gasteiger partial charge in [0.25, 0.3) is 0 Å². The zero-order valence-electron chi connectivity index (χ0n) is 51.1. The number of carbonyl (C=O) groups excluding carboxylic acids is 10. The summed E-state index contributed by atoms with van der Waals surface area (Å²) in [7, 11) is 0. The maximum atomic E-state index is 15.5. The van der Waals surface area contributed by atoms with E-state index in [0.29, 0.717) is 24.0 Å². The molecule has 8 atom stereocenters. The van der Waals surface area contributed by atoms with Gasteiger partial charge in [0.05, 0.1) is 24.7 Å². The van der Waals surface area contributed by atoms with E-state index in [1.807, 2.05) is 79.9 Å². The summed E-state index contributed by atoms with van der Waals surface area (Å²) in [6, 6.07) is 10.3. The number of amides is 10. The highest BCUT2D eigenvalue weighted by atomic mass is 16.2. The van der Waals surface area contributed by atoms with Crippen molar-refractivity contribution >= 4 is 86.7 Å². The summed E-state index contributed by atoms with van der Waals surface area (Å²) >= 11 is 0. The number of aliphatic imine (C=N–C) groups is 1. The summed E-state index contributed by atoms with van der Waals surface area (Å²) in [6.45, 7) is 2.47. The molecule has 3 fully saturated rings. The Labute approximate surface area is 521 Å². The molecule has 15 N–H and O–H groups in total. The minimum absolute atomic E-state index is 0.0297. The van der Waals surface area contributed by atoms with E-state index in [2.05, 4.69) is 62.8 Å². The third-order valence-corrected chi connectivity index (χ3v) is 16.9. The molecule has 5 aromatic rings. The van der Waals surface area contributed by atoms with E-state index < -0.39 is 120 Å². The van der Waals surface area contributed by atoms with E-state index in [-0.39, 0.29) is 89.3 Å². The minimum Gasteiger partial charge on any atom is -0.370 e. The average Bonchev–Trinajstić information content (AvgIpc) is 1.95. The van der Waals surface area contributed by atoms with Crippen LogP contribution in [-0.2, 0) is 60.8 Å². The Balaban J connectivity index is 1.19. The molecule has 3 aliphatic rings. The fraction of sp³-hybridized carbons (Fsp3) is 0.508. The topological polar surface area (TPSA) is 407 Å². The summed E-state index contributed by atoms with van der Waals surface area (Å²) in [5, 5.41) is 33.5. The quantitative estimate of drug-likeness (QED) is 0.0352. The van der Waals surface area contributed by atoms with Crippen molar-refractivity contribution in [1.82, 2.24) is 67.4 Å². The summed E-state index contributed by atoms with van der Waals surface area (Å²) in [6.07, 6.45) is 9.72. The van der Waals surface area contributed by atoms with Gasteiger partial charge in [0, 0.05) is 75.0 Å². The first-order valence-corrected chi connectivity index (χ1v) is 31.3. The van der Waals surface area contributed by atoms with E-state index in [0.717, 1.165) is 59.5 Å². The maximum Gasteiger partial charge on any atom is 0.246 e. The molecule has 2 aliphatic heterocycles. The van der Waals surface area contributed by atoms with Crippen LogP contribution in [0, 0.1) is 0 Å². The molecule has 27 heteroatoms. The van der Waals surface area contributed by atoms with Crippen molar-refractivity contribution in [3.05, 3.63) is 95.9 Å². The lowest BCUT2D eigenvalue weighted by Gasteiger charge is -2.31. The second kappa shape index (κ2) is 32.2. The van der Waals surface area contributed by atoms with Gasteiger partial charge in [-0.3, -0.25) is 52.9 Å². The second-order valence-corrected chi connectivity index (χ2v) is 23.7. The lowest BCUT2D eigenvalue weighted by molar-refractivity contribution is -0.143. The number of unbranched alkanes of at least 4 members (excludes halogenated alkanes) is 1. The fourth-order valence-electron chi connectivity index (χ4n) is 12.1. The molecule has 1 aliphatic carbocycles. The van der Waals surface area contributed by atoms with Crippen molar-refractivity contribution in [2.75, 3.05) is 26.2 Å². The standard InChI is InChI=1S/C63H85N17O10/c1-3-4-20-47(71-37(2)81)58(86)76-51-32-54(82)67-26-13-12-22-46(56(64)84)72-55(83)34-70-57(85)50(30-42-33-69-45-21-11-10-19-44(42)45)74-59(87)48(23-14-27-68-63(65)66)73-60(88)49(29-38-24-25-39-15-8-9-18-41(39)28-38)75-61(89)53-31-43(35-79(53)62(51)90)80-36-52(77-78-80)40-16-6-5-7-17-40/h8-11,15,18-19,21,24-25,28,33,36,40,43,46-51,53,69H,3-7,12-14,16-17,20,22-23,26-27,29-32,34-35H2,1-2H3,(H2,64,84)(H,67,82)(H,70,85)(H,71,81)(H,72,83)(H,73,88)(H,74,87)(H,75,89)(H,76,86)(H4,65,66,68)/t43-,46-,47-,48-,49+,50-,51-,53-/m0/s1. The lowest BCUT2D eigenvalue weighted by Crippen LogP contribution is -2.60. The van der Waals surface area contributed by atoms with Gasteiger partial charge in [0.1, 0.15) is 42.3 Å². The highest BCUT2D eigenvalue weighted by Gasteiger charge is 2.45. The summed E-state index contributed by atoms with van der Waals surface area (Å²) in [5.74, 6) is -7.58. The number of primary amides is 1. The number of fused-ring (bicyclic) bond motifs is 3. The molecule has 2 aromatic heterocycles. The Morgan fingerprint density at radius 2 is 1.47 bits per heavy atom. The van der Waals surface area contributed by atoms with Crippen LogP contribution in [0.2, 0.25) is 0 Å². The van der Waals surface area contributed by atoms with Gasteiger partial charge in [-0.1, -0.05) is 105 Å². The molecule has 10 amide bonds. The Bertz CT molecular complexity index is 3410. The smallest absolute Gasteiger partial charge is 0.246 e. The Morgan fingerprint density at radius 3 is 2.22 bits per heavy atom. The van der Waals surface area contributed by atoms with Crippen molar-refractivity contribution < 1.29 is 47.9 Å². The van der Waals surface area contributed by atoms with Gasteiger partial charge in [-0.05, 0) is 79.3 Å². The van der Waals surface area contributed by atoms with Gasteiger partial charge in [-0.15, -0.1) is 5.10 Å². The van der Waals surface area contributed by atoms with E-state index >= 15 is 14.4 Å². The average molecular weight is 1240 g/mol. The number of hydrogen-bond donors (Lipinski definition) is 12. The first-order valence-electron chi connectivity index (χ1n) is 31.3. The summed E-state index contributed by atoms with van der Waals surface area (Å²) in [5.41, 5.74) is 19.9. The third kappa shape index (κ3) is 18.6. The molecule has 2 saturated heterocycles. The molecule has 0 radical (unpaired) electrons. The molecule has 4 heterocycles. The number of guanidine groups is 1. The van der Waals surface area contributed by atoms with Crippen LogP contribution in [-0.4, -0.2) is 158 Å². The summed E-state index contributed by atoms with van der Waals surface area (Å²) < 4.78 is 1.63. The fourth-order valence-corrected chi connectivity index (χ4v) is 12.1. The molecule has 0 bridgehead atoms. The molecular formula is C63H85N17O10. The molecule has 0 unspecified atom stereocenters. The second-order valence-electron chi connectivity index (χ2n) is 23.7. The van der Waals surface area contributed by atoms with E-state index in [4.69, 9.17) is 17.2 Å². The number of nitrogens with zero attached hydrogens (tertiary/aromatic N) is 5. The first-order chi connectivity index (χ1) is 43.3. The van der Waals surface area contributed by atoms with E-state index in [1.165, 1.54) is 11.8 Å². The SMILES string of the molecule is CCCC[C@H](NC(C)=O)C(=O)N[C@H]1CC(=O)NCCCC[C@@H](C(N)=O)NC(=O)CNC(=O)[C@H](Cc2c[nH]c3ccccc23)NC(=O)[C@H](CCCN=C(N)N)NC(=O)[C@@H](Cc2ccc3ccccc3c2)NC(=O)[C@@H]2C[C@H](n3cc(C4CCCCC4)nn3)CN2C1=O. The van der Waals surface area contributed by atoms with Crippen LogP contribution in [0.15, 0.2) is 84.1 Å². The van der Waals surface area contributed by atoms with Gasteiger partial charge in [-0.2, -0.15) is 0 Å². The predicted molar refractivity (Wildman–Crippen MR) is 335 cm³/mol. The number of H-pyrrole nitrogens is 1. The van der Waals surface area contributed by atoms with E-state index in [1.54, 1.807) is 10.9 Å². The molecule has 90 heavy (non-hydrogen) atoms. The van der Waals surface area contributed by atoms with Crippen molar-refractivity contribution in [1.29, 1.82) is 0 Å². The highest BCUT2D eigenvalue weighted by molar-refractivity contribution is 5.99. The number of aromatic amines is 1. The van der Waals surface area contributed by atoms with E-state index in [9.17, 15) is 33.6 Å². The maximum absolute atomic E-state index is 15.5. The lowest BCUT2D eigenvalue weighted by atomic mass is 9.87. The Hall–Kier alpha value is -9.43. The van der Waals surface area contributed by atoms with Gasteiger partial charge in [0.2, 0.25) is 59.1 Å². The van der Waals surface area contributed by atoms with Crippen molar-refractivity contribution in [3.8, 4) is 0 Å². The third-order valence-electron chi connectivity index (χ3n) is 16.9. The molecule has 27 nitrogen and oxygen atoms in total. The van der Waals surface area contributed by atoms with Crippen molar-refractivity contribution in [2.24, 2.45) is 22.2 Å². The van der Waals surface area contributed by atoms with Crippen LogP contribution in [0.3, 0.4) is 0 Å². The normalized spacial score (nSPS) is 22.8. The van der Waals surface area contributed by atoms with Crippen LogP contribution >= 0.6 is 0 Å². The Kier molecular flexibility index (Phi) is 23.8. The number of nitrogens with one attached hydrogen (secondary N) is 9. The molecule has 482 valence electrons. The number of rotatable bonds is 17. The van der Waals surface area contributed by atoms with Crippen molar-refractivity contribution in [3.63, 3.8) is 0 Å². The van der Waals surface area contributed by atoms with Crippen LogP contribution < -0.4 is 59.7 Å². The number of para-hydroxylation sites is 1. The first kappa shape index (κ1) is 66.5. The van der Waals surface area contributed by atoms with Crippen LogP contribution in [0.4, 0.5) is 0 Å². The predicted octanol–water partition coefficient (Wildman–Crippen LogP) is 1.05. The zero-order valence-corrected chi connectivity index (χ0v) is 51.1.